The zero-order chi connectivity index (χ0) is 13.0. The van der Waals surface area contributed by atoms with Gasteiger partial charge in [0.25, 0.3) is 0 Å². The maximum Gasteiger partial charge on any atom is 0.130 e. The fraction of sp³-hybridized carbons (Fsp3) is 0.267. The van der Waals surface area contributed by atoms with Crippen molar-refractivity contribution in [3.05, 3.63) is 53.6 Å². The van der Waals surface area contributed by atoms with Crippen molar-refractivity contribution in [3.63, 3.8) is 0 Å². The third kappa shape index (κ3) is 3.00. The predicted molar refractivity (Wildman–Crippen MR) is 77.1 cm³/mol. The molecule has 18 heavy (non-hydrogen) atoms. The number of benzene rings is 1. The lowest BCUT2D eigenvalue weighted by Crippen LogP contribution is -2.17. The van der Waals surface area contributed by atoms with Crippen LogP contribution >= 0.6 is 0 Å². The first-order valence-electron chi connectivity index (χ1n) is 6.10. The summed E-state index contributed by atoms with van der Waals surface area (Å²) in [4.78, 5) is 6.66. The molecule has 1 aromatic carbocycles. The first kappa shape index (κ1) is 12.4. The molecule has 0 amide bonds. The van der Waals surface area contributed by atoms with E-state index in [0.29, 0.717) is 0 Å². The van der Waals surface area contributed by atoms with E-state index < -0.39 is 0 Å². The fourth-order valence-corrected chi connectivity index (χ4v) is 1.82. The van der Waals surface area contributed by atoms with Crippen molar-refractivity contribution in [3.8, 4) is 0 Å². The molecule has 0 aliphatic carbocycles. The minimum atomic E-state index is 0.862. The molecule has 2 rings (SSSR count). The van der Waals surface area contributed by atoms with Crippen LogP contribution in [0.25, 0.3) is 0 Å². The van der Waals surface area contributed by atoms with Crippen LogP contribution in [0.2, 0.25) is 0 Å². The molecule has 0 atom stereocenters. The molecule has 3 nitrogen and oxygen atoms in total. The van der Waals surface area contributed by atoms with Crippen LogP contribution in [-0.4, -0.2) is 19.1 Å². The lowest BCUT2D eigenvalue weighted by molar-refractivity contribution is 0.898. The van der Waals surface area contributed by atoms with Crippen molar-refractivity contribution in [1.29, 1.82) is 0 Å². The molecule has 94 valence electrons. The second-order valence-electron chi connectivity index (χ2n) is 4.47. The van der Waals surface area contributed by atoms with Gasteiger partial charge < -0.3 is 10.2 Å². The number of aryl methyl sites for hydroxylation is 1. The van der Waals surface area contributed by atoms with Crippen molar-refractivity contribution in [2.75, 3.05) is 24.3 Å². The van der Waals surface area contributed by atoms with Gasteiger partial charge in [0.15, 0.2) is 0 Å². The number of rotatable bonds is 4. The molecule has 0 saturated carbocycles. The number of hydrogen-bond donors (Lipinski definition) is 1. The Kier molecular flexibility index (Phi) is 3.82. The minimum absolute atomic E-state index is 0.862. The third-order valence-corrected chi connectivity index (χ3v) is 2.92. The molecular formula is C15H19N3. The molecule has 1 heterocycles. The lowest BCUT2D eigenvalue weighted by atomic mass is 10.1. The summed E-state index contributed by atoms with van der Waals surface area (Å²) in [5.74, 6) is 1.87. The maximum atomic E-state index is 4.52. The smallest absolute Gasteiger partial charge is 0.130 e. The van der Waals surface area contributed by atoms with Gasteiger partial charge in [-0.1, -0.05) is 35.9 Å². The molecule has 0 aliphatic rings. The van der Waals surface area contributed by atoms with E-state index in [2.05, 4.69) is 53.4 Å². The molecule has 0 unspecified atom stereocenters. The normalized spacial score (nSPS) is 10.2. The van der Waals surface area contributed by atoms with Crippen LogP contribution in [0, 0.1) is 6.92 Å². The zero-order valence-electron chi connectivity index (χ0n) is 11.1. The topological polar surface area (TPSA) is 28.2 Å². The minimum Gasteiger partial charge on any atom is -0.373 e. The van der Waals surface area contributed by atoms with Crippen molar-refractivity contribution in [2.24, 2.45) is 0 Å². The number of nitrogens with one attached hydrogen (secondary N) is 1. The van der Waals surface area contributed by atoms with Crippen LogP contribution in [-0.2, 0) is 6.54 Å². The first-order valence-corrected chi connectivity index (χ1v) is 6.10. The second kappa shape index (κ2) is 5.54. The highest BCUT2D eigenvalue weighted by Crippen LogP contribution is 2.15. The van der Waals surface area contributed by atoms with Crippen LogP contribution in [0.4, 0.5) is 11.6 Å². The summed E-state index contributed by atoms with van der Waals surface area (Å²) in [6.07, 6.45) is 0. The Balaban J connectivity index is 2.11. The quantitative estimate of drug-likeness (QED) is 0.891. The van der Waals surface area contributed by atoms with E-state index in [1.165, 1.54) is 11.1 Å². The highest BCUT2D eigenvalue weighted by Gasteiger charge is 2.04. The van der Waals surface area contributed by atoms with Gasteiger partial charge in [-0.3, -0.25) is 0 Å². The van der Waals surface area contributed by atoms with E-state index >= 15 is 0 Å². The van der Waals surface area contributed by atoms with E-state index in [1.807, 2.05) is 25.2 Å². The number of aromatic nitrogens is 1. The van der Waals surface area contributed by atoms with Gasteiger partial charge in [-0.2, -0.15) is 0 Å². The van der Waals surface area contributed by atoms with E-state index in [1.54, 1.807) is 0 Å². The largest absolute Gasteiger partial charge is 0.373 e. The maximum absolute atomic E-state index is 4.52. The number of nitrogens with zero attached hydrogens (tertiary/aromatic N) is 2. The monoisotopic (exact) mass is 241 g/mol. The van der Waals surface area contributed by atoms with E-state index in [9.17, 15) is 0 Å². The summed E-state index contributed by atoms with van der Waals surface area (Å²) in [6, 6.07) is 14.6. The Morgan fingerprint density at radius 1 is 1.11 bits per heavy atom. The van der Waals surface area contributed by atoms with Crippen molar-refractivity contribution in [2.45, 2.75) is 13.5 Å². The number of pyridine rings is 1. The van der Waals surface area contributed by atoms with E-state index in [-0.39, 0.29) is 0 Å². The average molecular weight is 241 g/mol. The molecule has 1 N–H and O–H groups in total. The van der Waals surface area contributed by atoms with E-state index in [0.717, 1.165) is 18.2 Å². The second-order valence-corrected chi connectivity index (χ2v) is 4.47. The van der Waals surface area contributed by atoms with Gasteiger partial charge in [-0.15, -0.1) is 0 Å². The van der Waals surface area contributed by atoms with Gasteiger partial charge >= 0.3 is 0 Å². The van der Waals surface area contributed by atoms with Crippen LogP contribution in [0.1, 0.15) is 11.1 Å². The SMILES string of the molecule is CNc1cccc(N(C)Cc2ccc(C)cc2)n1. The molecule has 0 radical (unpaired) electrons. The Bertz CT molecular complexity index is 505. The predicted octanol–water partition coefficient (Wildman–Crippen LogP) is 3.07. The standard InChI is InChI=1S/C15H19N3/c1-12-7-9-13(10-8-12)11-18(3)15-6-4-5-14(16-2)17-15/h4-10H,11H2,1-3H3,(H,16,17). The van der Waals surface area contributed by atoms with Gasteiger partial charge in [-0.25, -0.2) is 4.98 Å². The molecule has 0 spiro atoms. The van der Waals surface area contributed by atoms with Crippen LogP contribution in [0.5, 0.6) is 0 Å². The summed E-state index contributed by atoms with van der Waals surface area (Å²) in [5.41, 5.74) is 2.58. The third-order valence-electron chi connectivity index (χ3n) is 2.92. The Morgan fingerprint density at radius 2 is 1.83 bits per heavy atom. The molecule has 3 heteroatoms. The van der Waals surface area contributed by atoms with Gasteiger partial charge in [0, 0.05) is 20.6 Å². The highest BCUT2D eigenvalue weighted by atomic mass is 15.2. The number of hydrogen-bond acceptors (Lipinski definition) is 3. The van der Waals surface area contributed by atoms with Crippen molar-refractivity contribution in [1.82, 2.24) is 4.98 Å². The summed E-state index contributed by atoms with van der Waals surface area (Å²) in [7, 11) is 3.94. The van der Waals surface area contributed by atoms with Crippen molar-refractivity contribution >= 4 is 11.6 Å². The molecule has 2 aromatic rings. The van der Waals surface area contributed by atoms with Gasteiger partial charge in [0.1, 0.15) is 11.6 Å². The number of anilines is 2. The van der Waals surface area contributed by atoms with Crippen LogP contribution in [0.3, 0.4) is 0 Å². The fourth-order valence-electron chi connectivity index (χ4n) is 1.82. The first-order chi connectivity index (χ1) is 8.69. The van der Waals surface area contributed by atoms with E-state index in [4.69, 9.17) is 0 Å². The summed E-state index contributed by atoms with van der Waals surface area (Å²) < 4.78 is 0. The van der Waals surface area contributed by atoms with Gasteiger partial charge in [-0.05, 0) is 24.6 Å². The molecule has 0 aliphatic heterocycles. The molecule has 0 bridgehead atoms. The van der Waals surface area contributed by atoms with Gasteiger partial charge in [0.2, 0.25) is 0 Å². The Hall–Kier alpha value is -2.03. The summed E-state index contributed by atoms with van der Waals surface area (Å²) >= 11 is 0. The molecule has 1 aromatic heterocycles. The summed E-state index contributed by atoms with van der Waals surface area (Å²) in [5, 5.41) is 3.06. The Labute approximate surface area is 108 Å². The molecular weight excluding hydrogens is 222 g/mol. The van der Waals surface area contributed by atoms with Gasteiger partial charge in [0.05, 0.1) is 0 Å². The molecule has 0 saturated heterocycles. The highest BCUT2D eigenvalue weighted by molar-refractivity contribution is 5.46. The summed E-state index contributed by atoms with van der Waals surface area (Å²) in [6.45, 7) is 2.96. The average Bonchev–Trinajstić information content (AvgIpc) is 2.41. The Morgan fingerprint density at radius 3 is 2.50 bits per heavy atom. The lowest BCUT2D eigenvalue weighted by Gasteiger charge is -2.19. The van der Waals surface area contributed by atoms with Crippen LogP contribution in [0.15, 0.2) is 42.5 Å². The van der Waals surface area contributed by atoms with Crippen LogP contribution < -0.4 is 10.2 Å². The molecule has 0 fully saturated rings. The van der Waals surface area contributed by atoms with Crippen molar-refractivity contribution < 1.29 is 0 Å². The zero-order valence-corrected chi connectivity index (χ0v) is 11.1.